The molecule has 292 valence electrons. The molecule has 0 spiro atoms. The maximum Gasteiger partial charge on any atom is 0.306 e. The highest BCUT2D eigenvalue weighted by atomic mass is 32.2. The fourth-order valence-electron chi connectivity index (χ4n) is 8.10. The summed E-state index contributed by atoms with van der Waals surface area (Å²) in [5.41, 5.74) is -1.24. The predicted octanol–water partition coefficient (Wildman–Crippen LogP) is 4.13. The number of ether oxygens (including phenoxy) is 1. The molecule has 6 rings (SSSR count). The fraction of sp³-hybridized carbons (Fsp3) is 0.684. The summed E-state index contributed by atoms with van der Waals surface area (Å²) in [5, 5.41) is -0.648. The maximum absolute atomic E-state index is 14.6. The Bertz CT molecular complexity index is 1810. The average Bonchev–Trinajstić information content (AvgIpc) is 3.99. The Morgan fingerprint density at radius 3 is 2.17 bits per heavy atom. The van der Waals surface area contributed by atoms with Crippen molar-refractivity contribution in [1.29, 1.82) is 0 Å². The first-order valence-corrected chi connectivity index (χ1v) is 22.0. The third-order valence-corrected chi connectivity index (χ3v) is 15.4. The second kappa shape index (κ2) is 15.1. The summed E-state index contributed by atoms with van der Waals surface area (Å²) in [6.45, 7) is 10.2. The molecule has 3 saturated carbocycles. The first kappa shape index (κ1) is 39.4. The summed E-state index contributed by atoms with van der Waals surface area (Å²) in [6, 6.07) is 5.33. The Morgan fingerprint density at radius 1 is 0.962 bits per heavy atom. The van der Waals surface area contributed by atoms with Gasteiger partial charge < -0.3 is 14.5 Å². The SMILES string of the molecule is C=C[C@@H]1C[C@]1(CC(=O)[C@@H]1CN(S(=O)(=O)c2ccc(N3CCCCC3)cc2)CN1C(=O)[C@@H](CC(=O)OC1CCCC1)C(C)(C)C)C(=O)NS(=O)(=O)C1CC1. The van der Waals surface area contributed by atoms with Crippen LogP contribution in [0.1, 0.15) is 97.8 Å². The molecule has 2 aliphatic heterocycles. The second-order valence-corrected chi connectivity index (χ2v) is 20.6. The zero-order chi connectivity index (χ0) is 38.3. The van der Waals surface area contributed by atoms with E-state index in [4.69, 9.17) is 4.74 Å². The summed E-state index contributed by atoms with van der Waals surface area (Å²) in [4.78, 5) is 59.1. The molecular weight excluding hydrogens is 721 g/mol. The van der Waals surface area contributed by atoms with Crippen molar-refractivity contribution in [1.82, 2.24) is 13.9 Å². The van der Waals surface area contributed by atoms with E-state index in [-0.39, 0.29) is 30.4 Å². The molecule has 3 aliphatic carbocycles. The molecule has 0 bridgehead atoms. The smallest absolute Gasteiger partial charge is 0.306 e. The van der Waals surface area contributed by atoms with Crippen molar-refractivity contribution in [3.63, 3.8) is 0 Å². The number of allylic oxidation sites excluding steroid dienone is 1. The lowest BCUT2D eigenvalue weighted by atomic mass is 9.77. The minimum Gasteiger partial charge on any atom is -0.462 e. The van der Waals surface area contributed by atoms with Gasteiger partial charge in [0.05, 0.1) is 34.6 Å². The van der Waals surface area contributed by atoms with Crippen molar-refractivity contribution < 1.29 is 40.8 Å². The molecule has 5 fully saturated rings. The van der Waals surface area contributed by atoms with Crippen LogP contribution >= 0.6 is 0 Å². The monoisotopic (exact) mass is 774 g/mol. The van der Waals surface area contributed by atoms with Crippen LogP contribution in [0.15, 0.2) is 41.8 Å². The van der Waals surface area contributed by atoms with Crippen LogP contribution in [-0.4, -0.2) is 93.3 Å². The van der Waals surface area contributed by atoms with Crippen LogP contribution < -0.4 is 9.62 Å². The lowest BCUT2D eigenvalue weighted by molar-refractivity contribution is -0.156. The normalized spacial score (nSPS) is 26.2. The molecule has 13 nitrogen and oxygen atoms in total. The Hall–Kier alpha value is -3.30. The number of benzene rings is 1. The number of esters is 1. The molecule has 1 aromatic carbocycles. The molecule has 1 aromatic rings. The maximum atomic E-state index is 14.6. The molecule has 1 N–H and O–H groups in total. The third-order valence-electron chi connectivity index (χ3n) is 11.8. The van der Waals surface area contributed by atoms with E-state index in [0.717, 1.165) is 68.0 Å². The minimum absolute atomic E-state index is 0.0151. The van der Waals surface area contributed by atoms with Crippen LogP contribution in [-0.2, 0) is 44.0 Å². The first-order chi connectivity index (χ1) is 25.0. The molecule has 0 radical (unpaired) electrons. The Kier molecular flexibility index (Phi) is 11.2. The van der Waals surface area contributed by atoms with Gasteiger partial charge in [0.25, 0.3) is 0 Å². The minimum atomic E-state index is -4.20. The number of hydrogen-bond acceptors (Lipinski definition) is 10. The van der Waals surface area contributed by atoms with E-state index in [0.29, 0.717) is 12.8 Å². The van der Waals surface area contributed by atoms with E-state index in [1.54, 1.807) is 12.1 Å². The van der Waals surface area contributed by atoms with Crippen LogP contribution in [0, 0.1) is 22.7 Å². The number of nitrogens with zero attached hydrogens (tertiary/aromatic N) is 3. The summed E-state index contributed by atoms with van der Waals surface area (Å²) in [6.07, 6.45) is 8.48. The topological polar surface area (TPSA) is 168 Å². The van der Waals surface area contributed by atoms with Gasteiger partial charge in [-0.2, -0.15) is 4.31 Å². The van der Waals surface area contributed by atoms with Gasteiger partial charge in [-0.05, 0) is 99.8 Å². The van der Waals surface area contributed by atoms with Crippen LogP contribution in [0.25, 0.3) is 0 Å². The number of anilines is 1. The molecule has 2 amide bonds. The zero-order valence-corrected chi connectivity index (χ0v) is 32.8. The van der Waals surface area contributed by atoms with Crippen molar-refractivity contribution in [2.75, 3.05) is 31.2 Å². The molecule has 4 atom stereocenters. The summed E-state index contributed by atoms with van der Waals surface area (Å²) < 4.78 is 62.8. The van der Waals surface area contributed by atoms with Crippen LogP contribution in [0.5, 0.6) is 0 Å². The molecule has 0 aromatic heterocycles. The Morgan fingerprint density at radius 2 is 1.60 bits per heavy atom. The van der Waals surface area contributed by atoms with Gasteiger partial charge in [-0.1, -0.05) is 26.8 Å². The van der Waals surface area contributed by atoms with Crippen molar-refractivity contribution in [3.8, 4) is 0 Å². The number of amides is 2. The van der Waals surface area contributed by atoms with Gasteiger partial charge in [0.1, 0.15) is 12.1 Å². The van der Waals surface area contributed by atoms with E-state index in [1.807, 2.05) is 20.8 Å². The summed E-state index contributed by atoms with van der Waals surface area (Å²) in [5.74, 6) is -3.87. The van der Waals surface area contributed by atoms with Crippen molar-refractivity contribution in [3.05, 3.63) is 36.9 Å². The lowest BCUT2D eigenvalue weighted by Crippen LogP contribution is -2.49. The van der Waals surface area contributed by atoms with Crippen LogP contribution in [0.2, 0.25) is 0 Å². The molecule has 53 heavy (non-hydrogen) atoms. The van der Waals surface area contributed by atoms with Crippen molar-refractivity contribution in [2.24, 2.45) is 22.7 Å². The molecule has 15 heteroatoms. The van der Waals surface area contributed by atoms with E-state index < -0.39 is 90.7 Å². The van der Waals surface area contributed by atoms with Gasteiger partial charge in [0.15, 0.2) is 5.78 Å². The van der Waals surface area contributed by atoms with E-state index in [1.165, 1.54) is 23.1 Å². The second-order valence-electron chi connectivity index (χ2n) is 16.7. The molecule has 0 unspecified atom stereocenters. The number of rotatable bonds is 14. The lowest BCUT2D eigenvalue weighted by Gasteiger charge is -2.34. The zero-order valence-electron chi connectivity index (χ0n) is 31.1. The van der Waals surface area contributed by atoms with Gasteiger partial charge in [-0.3, -0.25) is 23.9 Å². The van der Waals surface area contributed by atoms with Gasteiger partial charge in [-0.25, -0.2) is 16.8 Å². The first-order valence-electron chi connectivity index (χ1n) is 19.0. The quantitative estimate of drug-likeness (QED) is 0.215. The molecule has 2 saturated heterocycles. The number of piperidine rings is 1. The van der Waals surface area contributed by atoms with E-state index >= 15 is 0 Å². The standard InChI is InChI=1S/C38H54N4O9S2/c1-5-26-22-38(26,36(46)39-52(47,48)29-17-18-29)23-33(43)32-24-41(53(49,50)30-15-13-27(14-16-30)40-19-9-6-10-20-40)25-42(32)35(45)31(37(2,3)4)21-34(44)51-28-11-7-8-12-28/h5,13-16,26,28-29,31-32H,1,6-12,17-25H2,2-4H3,(H,39,46)/t26-,31-,32+,38-/m1/s1. The number of carbonyl (C=O) groups excluding carboxylic acids is 4. The van der Waals surface area contributed by atoms with Crippen LogP contribution in [0.4, 0.5) is 5.69 Å². The third kappa shape index (κ3) is 8.51. The number of sulfonamides is 2. The highest BCUT2D eigenvalue weighted by Gasteiger charge is 2.61. The number of hydrogen-bond donors (Lipinski definition) is 1. The molecule has 5 aliphatic rings. The number of Topliss-reactive ketones (excluding diaryl/α,β-unsaturated/α-hetero) is 1. The van der Waals surface area contributed by atoms with Gasteiger partial charge in [0, 0.05) is 31.7 Å². The van der Waals surface area contributed by atoms with Gasteiger partial charge in [-0.15, -0.1) is 6.58 Å². The van der Waals surface area contributed by atoms with E-state index in [9.17, 15) is 36.0 Å². The Labute approximate surface area is 314 Å². The van der Waals surface area contributed by atoms with Gasteiger partial charge >= 0.3 is 5.97 Å². The van der Waals surface area contributed by atoms with Crippen LogP contribution in [0.3, 0.4) is 0 Å². The highest BCUT2D eigenvalue weighted by Crippen LogP contribution is 2.57. The molecule has 2 heterocycles. The van der Waals surface area contributed by atoms with E-state index in [2.05, 4.69) is 16.2 Å². The predicted molar refractivity (Wildman–Crippen MR) is 198 cm³/mol. The van der Waals surface area contributed by atoms with Crippen molar-refractivity contribution in [2.45, 2.75) is 120 Å². The van der Waals surface area contributed by atoms with Gasteiger partial charge in [0.2, 0.25) is 31.9 Å². The number of ketones is 1. The fourth-order valence-corrected chi connectivity index (χ4v) is 10.9. The van der Waals surface area contributed by atoms with Crippen molar-refractivity contribution >= 4 is 49.3 Å². The molecular formula is C38H54N4O9S2. The summed E-state index contributed by atoms with van der Waals surface area (Å²) in [7, 11) is -8.10. The highest BCUT2D eigenvalue weighted by molar-refractivity contribution is 7.91. The average molecular weight is 775 g/mol. The Balaban J connectivity index is 1.27. The number of nitrogens with one attached hydrogen (secondary N) is 1. The summed E-state index contributed by atoms with van der Waals surface area (Å²) >= 11 is 0. The number of carbonyl (C=O) groups is 4. The largest absolute Gasteiger partial charge is 0.462 e.